The van der Waals surface area contributed by atoms with Crippen LogP contribution in [0.3, 0.4) is 0 Å². The zero-order valence-corrected chi connectivity index (χ0v) is 48.5. The largest absolute Gasteiger partial charge is 0.347 e. The van der Waals surface area contributed by atoms with Crippen molar-refractivity contribution in [2.75, 3.05) is 27.2 Å². The summed E-state index contributed by atoms with van der Waals surface area (Å²) in [6, 6.07) is 34.1. The fraction of sp³-hybridized carbons (Fsp3) is 0.424. The third-order valence-electron chi connectivity index (χ3n) is 18.1. The van der Waals surface area contributed by atoms with Gasteiger partial charge in [-0.15, -0.1) is 0 Å². The van der Waals surface area contributed by atoms with Gasteiger partial charge in [-0.1, -0.05) is 111 Å². The number of carbonyl (C=O) groups is 6. The Morgan fingerprint density at radius 1 is 0.476 bits per heavy atom. The highest BCUT2D eigenvalue weighted by molar-refractivity contribution is 5.98. The lowest BCUT2D eigenvalue weighted by molar-refractivity contribution is -0.139. The van der Waals surface area contributed by atoms with Crippen LogP contribution in [0, 0.1) is 11.8 Å². The monoisotopic (exact) mass is 1130 g/mol. The fourth-order valence-corrected chi connectivity index (χ4v) is 13.2. The Morgan fingerprint density at radius 3 is 1.23 bits per heavy atom. The van der Waals surface area contributed by atoms with Crippen molar-refractivity contribution >= 4 is 46.7 Å². The summed E-state index contributed by atoms with van der Waals surface area (Å²) in [5.74, 6) is -1.67. The molecule has 2 aliphatic heterocycles. The first-order valence-corrected chi connectivity index (χ1v) is 30.2. The number of likely N-dealkylation sites (N-methyl/N-ethyl adjacent to an activating group) is 2. The zero-order chi connectivity index (χ0) is 58.4. The summed E-state index contributed by atoms with van der Waals surface area (Å²) < 4.78 is 4.08. The van der Waals surface area contributed by atoms with Crippen LogP contribution in [-0.4, -0.2) is 127 Å². The van der Waals surface area contributed by atoms with Gasteiger partial charge < -0.3 is 41.7 Å². The van der Waals surface area contributed by atoms with E-state index >= 15 is 9.59 Å². The number of likely N-dealkylation sites (tertiary alicyclic amines) is 2. The molecule has 2 saturated heterocycles. The van der Waals surface area contributed by atoms with Crippen molar-refractivity contribution < 1.29 is 28.8 Å². The summed E-state index contributed by atoms with van der Waals surface area (Å²) in [6.07, 6.45) is 14.1. The molecule has 0 unspecified atom stereocenters. The predicted molar refractivity (Wildman–Crippen MR) is 322 cm³/mol. The first-order valence-electron chi connectivity index (χ1n) is 30.2. The fourth-order valence-electron chi connectivity index (χ4n) is 13.2. The maximum Gasteiger partial charge on any atom is 0.251 e. The first-order chi connectivity index (χ1) is 40.8. The molecule has 2 aliphatic carbocycles. The molecule has 11 rings (SSSR count). The molecule has 8 atom stereocenters. The first kappa shape index (κ1) is 57.6. The van der Waals surface area contributed by atoms with Crippen molar-refractivity contribution in [3.8, 4) is 22.5 Å². The number of nitrogens with one attached hydrogen (secondary N) is 6. The lowest BCUT2D eigenvalue weighted by Crippen LogP contribution is -2.56. The molecule has 4 aliphatic rings. The minimum Gasteiger partial charge on any atom is -0.347 e. The summed E-state index contributed by atoms with van der Waals surface area (Å²) in [6.45, 7) is 3.95. The molecule has 84 heavy (non-hydrogen) atoms. The van der Waals surface area contributed by atoms with Gasteiger partial charge in [0.2, 0.25) is 23.6 Å². The highest BCUT2D eigenvalue weighted by Gasteiger charge is 2.45. The van der Waals surface area contributed by atoms with Gasteiger partial charge in [-0.2, -0.15) is 0 Å². The number of imidazole rings is 2. The summed E-state index contributed by atoms with van der Waals surface area (Å²) in [5, 5.41) is 18.7. The van der Waals surface area contributed by atoms with Crippen LogP contribution >= 0.6 is 0 Å². The van der Waals surface area contributed by atoms with Crippen molar-refractivity contribution in [1.82, 2.24) is 60.5 Å². The highest BCUT2D eigenvalue weighted by Crippen LogP contribution is 2.39. The molecule has 6 heterocycles. The summed E-state index contributed by atoms with van der Waals surface area (Å²) in [4.78, 5) is 99.9. The Kier molecular flexibility index (Phi) is 17.6. The smallest absolute Gasteiger partial charge is 0.251 e. The molecule has 4 aromatic heterocycles. The van der Waals surface area contributed by atoms with Crippen molar-refractivity contribution in [2.24, 2.45) is 11.8 Å². The number of pyridine rings is 2. The Bertz CT molecular complexity index is 3250. The second-order valence-corrected chi connectivity index (χ2v) is 23.5. The topological polar surface area (TPSA) is 216 Å². The van der Waals surface area contributed by atoms with Crippen molar-refractivity contribution in [3.05, 3.63) is 156 Å². The molecule has 438 valence electrons. The Morgan fingerprint density at radius 2 is 0.857 bits per heavy atom. The van der Waals surface area contributed by atoms with Crippen LogP contribution in [0.4, 0.5) is 0 Å². The van der Waals surface area contributed by atoms with Crippen LogP contribution in [0.2, 0.25) is 0 Å². The number of benzene rings is 3. The van der Waals surface area contributed by atoms with Gasteiger partial charge in [0.05, 0.1) is 46.9 Å². The van der Waals surface area contributed by atoms with Crippen molar-refractivity contribution in [2.45, 2.75) is 139 Å². The zero-order valence-electron chi connectivity index (χ0n) is 48.5. The minimum absolute atomic E-state index is 0.0393. The van der Waals surface area contributed by atoms with E-state index in [2.05, 4.69) is 31.9 Å². The van der Waals surface area contributed by atoms with E-state index in [1.165, 1.54) is 0 Å². The summed E-state index contributed by atoms with van der Waals surface area (Å²) >= 11 is 0. The SMILES string of the molecule is CN[C@@H](C)C(=O)N[C@H](C(=O)N1C[C@@H](NC(=O)c2ccc(C(=O)N[C@H]3C[C@@H](c4cn5c(-c6ccccc6)cccc5n4)N(C(=O)[C@@H](NC(=O)[C@H](C)NC)C4CCCCC4)C3)cc2)C[C@H]1c1cn2c(-c3ccccc3)cccc2n1)C1CCCCC1. The number of rotatable bonds is 18. The molecular formula is C66H78N12O6. The van der Waals surface area contributed by atoms with Crippen LogP contribution in [-0.2, 0) is 19.2 Å². The van der Waals surface area contributed by atoms with Crippen LogP contribution in [0.15, 0.2) is 134 Å². The number of hydrogen-bond acceptors (Lipinski definition) is 10. The molecular weight excluding hydrogens is 1060 g/mol. The van der Waals surface area contributed by atoms with Gasteiger partial charge >= 0.3 is 0 Å². The van der Waals surface area contributed by atoms with E-state index in [0.29, 0.717) is 35.4 Å². The predicted octanol–water partition coefficient (Wildman–Crippen LogP) is 7.81. The molecule has 18 nitrogen and oxygen atoms in total. The lowest BCUT2D eigenvalue weighted by atomic mass is 9.83. The number of hydrogen-bond donors (Lipinski definition) is 6. The van der Waals surface area contributed by atoms with E-state index in [-0.39, 0.29) is 60.4 Å². The molecule has 7 aromatic rings. The number of aromatic nitrogens is 4. The molecule has 6 N–H and O–H groups in total. The van der Waals surface area contributed by atoms with E-state index in [0.717, 1.165) is 98.0 Å². The number of fused-ring (bicyclic) bond motifs is 2. The molecule has 18 heteroatoms. The van der Waals surface area contributed by atoms with Gasteiger partial charge in [0.15, 0.2) is 0 Å². The molecule has 0 bridgehead atoms. The molecule has 3 aromatic carbocycles. The van der Waals surface area contributed by atoms with Crippen LogP contribution in [0.25, 0.3) is 33.8 Å². The third-order valence-corrected chi connectivity index (χ3v) is 18.1. The Balaban J connectivity index is 0.827. The summed E-state index contributed by atoms with van der Waals surface area (Å²) in [7, 11) is 3.45. The Labute approximate surface area is 491 Å². The molecule has 0 radical (unpaired) electrons. The van der Waals surface area contributed by atoms with Gasteiger partial charge in [0.1, 0.15) is 23.4 Å². The molecule has 0 spiro atoms. The van der Waals surface area contributed by atoms with E-state index < -0.39 is 48.3 Å². The maximum absolute atomic E-state index is 15.2. The van der Waals surface area contributed by atoms with Gasteiger partial charge in [-0.05, 0) is 138 Å². The van der Waals surface area contributed by atoms with Gasteiger partial charge in [-0.25, -0.2) is 9.97 Å². The van der Waals surface area contributed by atoms with Crippen molar-refractivity contribution in [3.63, 3.8) is 0 Å². The number of carbonyl (C=O) groups excluding carboxylic acids is 6. The van der Waals surface area contributed by atoms with Crippen LogP contribution in [0.1, 0.15) is 135 Å². The minimum atomic E-state index is -0.753. The molecule has 2 saturated carbocycles. The third kappa shape index (κ3) is 12.4. The normalized spacial score (nSPS) is 21.0. The maximum atomic E-state index is 15.2. The van der Waals surface area contributed by atoms with Gasteiger partial charge in [0, 0.05) is 48.7 Å². The van der Waals surface area contributed by atoms with Crippen molar-refractivity contribution in [1.29, 1.82) is 0 Å². The number of amides is 6. The van der Waals surface area contributed by atoms with Gasteiger partial charge in [0.25, 0.3) is 11.8 Å². The van der Waals surface area contributed by atoms with E-state index in [1.54, 1.807) is 52.2 Å². The summed E-state index contributed by atoms with van der Waals surface area (Å²) in [5.41, 5.74) is 7.42. The standard InChI is InChI=1S/C66H78N12O6/c1-41(67-3)61(79)73-59(45-23-13-7-14-24-45)65(83)77-37-49(35-55(77)51-39-75-53(27-17-29-57(75)71-51)43-19-9-5-10-20-43)69-63(81)47-31-33-48(34-32-47)64(82)70-50-36-56(52-40-76-54(28-18-30-58(76)72-52)44-21-11-6-12-22-44)78(38-50)66(84)60(46-25-15-8-16-26-46)74-62(80)42(2)68-4/h5-6,9-12,17-22,27-34,39-42,45-46,49-50,55-56,59-60,67-68H,7-8,13-16,23-26,35-38H2,1-4H3,(H,69,81)(H,70,82)(H,73,79)(H,74,80)/t41-,42-,49-,50-,55-,56-,59-,60-/m0/s1. The Hall–Kier alpha value is -8.22. The van der Waals surface area contributed by atoms with Gasteiger partial charge in [-0.3, -0.25) is 37.6 Å². The molecule has 6 amide bonds. The van der Waals surface area contributed by atoms with E-state index in [1.807, 2.05) is 128 Å². The lowest BCUT2D eigenvalue weighted by Gasteiger charge is -2.35. The van der Waals surface area contributed by atoms with E-state index in [4.69, 9.17) is 9.97 Å². The average molecular weight is 1140 g/mol. The molecule has 4 fully saturated rings. The number of nitrogens with zero attached hydrogens (tertiary/aromatic N) is 6. The quantitative estimate of drug-likeness (QED) is 0.0490. The second kappa shape index (κ2) is 25.7. The second-order valence-electron chi connectivity index (χ2n) is 23.5. The van der Waals surface area contributed by atoms with Crippen LogP contribution < -0.4 is 31.9 Å². The average Bonchev–Trinajstić information content (AvgIpc) is 2.65. The van der Waals surface area contributed by atoms with Crippen LogP contribution in [0.5, 0.6) is 0 Å². The highest BCUT2D eigenvalue weighted by atomic mass is 16.2. The van der Waals surface area contributed by atoms with E-state index in [9.17, 15) is 19.2 Å².